The van der Waals surface area contributed by atoms with Gasteiger partial charge in [0, 0.05) is 0 Å². The van der Waals surface area contributed by atoms with E-state index >= 15 is 0 Å². The van der Waals surface area contributed by atoms with Crippen LogP contribution in [0.4, 0.5) is 13.2 Å². The van der Waals surface area contributed by atoms with Gasteiger partial charge in [-0.1, -0.05) is 23.2 Å². The van der Waals surface area contributed by atoms with E-state index in [1.165, 1.54) is 19.2 Å². The predicted octanol–water partition coefficient (Wildman–Crippen LogP) is 4.87. The molecule has 24 heavy (non-hydrogen) atoms. The first-order valence-electron chi connectivity index (χ1n) is 6.39. The fourth-order valence-corrected chi connectivity index (χ4v) is 2.47. The van der Waals surface area contributed by atoms with Gasteiger partial charge in [-0.3, -0.25) is 0 Å². The van der Waals surface area contributed by atoms with Crippen LogP contribution in [0.1, 0.15) is 16.1 Å². The number of pyridine rings is 1. The topological polar surface area (TPSA) is 48.4 Å². The summed E-state index contributed by atoms with van der Waals surface area (Å²) in [7, 11) is 2.35. The summed E-state index contributed by atoms with van der Waals surface area (Å²) in [4.78, 5) is 15.7. The van der Waals surface area contributed by atoms with Gasteiger partial charge >= 0.3 is 12.1 Å². The van der Waals surface area contributed by atoms with E-state index in [2.05, 4.69) is 9.72 Å². The standard InChI is InChI=1S/C15H10Cl2F3NO3/c1-23-11-6-7(15(18,19)20)5-9(17)12(11)10-4-3-8(16)13(21-10)14(22)24-2/h3-6H,1-2H3. The molecule has 1 aromatic heterocycles. The number of hydrogen-bond donors (Lipinski definition) is 0. The Morgan fingerprint density at radius 1 is 1.12 bits per heavy atom. The average Bonchev–Trinajstić information content (AvgIpc) is 2.53. The summed E-state index contributed by atoms with van der Waals surface area (Å²) in [6.07, 6.45) is -4.58. The van der Waals surface area contributed by atoms with Crippen LogP contribution in [0.25, 0.3) is 11.3 Å². The molecule has 0 N–H and O–H groups in total. The molecule has 0 atom stereocenters. The first kappa shape index (κ1) is 18.4. The Balaban J connectivity index is 2.67. The summed E-state index contributed by atoms with van der Waals surface area (Å²) >= 11 is 11.9. The molecule has 0 unspecified atom stereocenters. The number of esters is 1. The monoisotopic (exact) mass is 379 g/mol. The predicted molar refractivity (Wildman–Crippen MR) is 82.6 cm³/mol. The van der Waals surface area contributed by atoms with Crippen molar-refractivity contribution in [2.24, 2.45) is 0 Å². The number of hydrogen-bond acceptors (Lipinski definition) is 4. The number of methoxy groups -OCH3 is 2. The molecule has 1 heterocycles. The molecule has 4 nitrogen and oxygen atoms in total. The highest BCUT2D eigenvalue weighted by molar-refractivity contribution is 6.34. The molecule has 0 aliphatic carbocycles. The van der Waals surface area contributed by atoms with E-state index in [4.69, 9.17) is 27.9 Å². The van der Waals surface area contributed by atoms with Gasteiger partial charge in [-0.2, -0.15) is 13.2 Å². The summed E-state index contributed by atoms with van der Waals surface area (Å²) in [5.41, 5.74) is -0.922. The van der Waals surface area contributed by atoms with E-state index in [0.29, 0.717) is 0 Å². The van der Waals surface area contributed by atoms with Gasteiger partial charge in [-0.25, -0.2) is 9.78 Å². The lowest BCUT2D eigenvalue weighted by Gasteiger charge is -2.15. The van der Waals surface area contributed by atoms with E-state index < -0.39 is 17.7 Å². The minimum absolute atomic E-state index is 0.0348. The fourth-order valence-electron chi connectivity index (χ4n) is 1.98. The van der Waals surface area contributed by atoms with Gasteiger partial charge in [0.05, 0.1) is 41.1 Å². The molecule has 0 bridgehead atoms. The highest BCUT2D eigenvalue weighted by atomic mass is 35.5. The molecule has 2 rings (SSSR count). The van der Waals surface area contributed by atoms with Crippen molar-refractivity contribution in [3.05, 3.63) is 45.6 Å². The lowest BCUT2D eigenvalue weighted by atomic mass is 10.1. The van der Waals surface area contributed by atoms with Crippen molar-refractivity contribution in [1.82, 2.24) is 4.98 Å². The third-order valence-corrected chi connectivity index (χ3v) is 3.69. The maximum absolute atomic E-state index is 12.9. The zero-order chi connectivity index (χ0) is 18.1. The average molecular weight is 380 g/mol. The Labute approximate surface area is 145 Å². The Kier molecular flexibility index (Phi) is 5.25. The van der Waals surface area contributed by atoms with Crippen LogP contribution in [-0.4, -0.2) is 25.2 Å². The number of ether oxygens (including phenoxy) is 2. The molecule has 0 aliphatic rings. The van der Waals surface area contributed by atoms with Crippen molar-refractivity contribution in [3.63, 3.8) is 0 Å². The maximum atomic E-state index is 12.9. The molecule has 0 aliphatic heterocycles. The van der Waals surface area contributed by atoms with Crippen molar-refractivity contribution in [2.45, 2.75) is 6.18 Å². The molecule has 0 spiro atoms. The minimum atomic E-state index is -4.58. The first-order valence-corrected chi connectivity index (χ1v) is 7.14. The quantitative estimate of drug-likeness (QED) is 0.713. The van der Waals surface area contributed by atoms with Gasteiger partial charge in [0.25, 0.3) is 0 Å². The second kappa shape index (κ2) is 6.86. The molecule has 0 fully saturated rings. The number of carbonyl (C=O) groups excluding carboxylic acids is 1. The molecule has 0 radical (unpaired) electrons. The molecule has 0 amide bonds. The summed E-state index contributed by atoms with van der Waals surface area (Å²) in [5, 5.41) is -0.195. The van der Waals surface area contributed by atoms with Crippen LogP contribution in [0, 0.1) is 0 Å². The van der Waals surface area contributed by atoms with Crippen molar-refractivity contribution in [1.29, 1.82) is 0 Å². The molecule has 0 saturated carbocycles. The SMILES string of the molecule is COC(=O)c1nc(-c2c(Cl)cc(C(F)(F)F)cc2OC)ccc1Cl. The van der Waals surface area contributed by atoms with Crippen LogP contribution in [0.5, 0.6) is 5.75 Å². The summed E-state index contributed by atoms with van der Waals surface area (Å²) in [6.45, 7) is 0. The molecule has 1 aromatic carbocycles. The Morgan fingerprint density at radius 2 is 1.79 bits per heavy atom. The summed E-state index contributed by atoms with van der Waals surface area (Å²) < 4.78 is 48.2. The number of halogens is 5. The zero-order valence-electron chi connectivity index (χ0n) is 12.4. The lowest BCUT2D eigenvalue weighted by Crippen LogP contribution is -2.08. The third-order valence-electron chi connectivity index (χ3n) is 3.08. The zero-order valence-corrected chi connectivity index (χ0v) is 13.9. The molecular weight excluding hydrogens is 370 g/mol. The van der Waals surface area contributed by atoms with Crippen molar-refractivity contribution in [3.8, 4) is 17.0 Å². The van der Waals surface area contributed by atoms with E-state index in [9.17, 15) is 18.0 Å². The lowest BCUT2D eigenvalue weighted by molar-refractivity contribution is -0.137. The highest BCUT2D eigenvalue weighted by Crippen LogP contribution is 2.41. The van der Waals surface area contributed by atoms with Gasteiger partial charge in [0.1, 0.15) is 5.75 Å². The number of benzene rings is 1. The summed E-state index contributed by atoms with van der Waals surface area (Å²) in [5.74, 6) is -0.927. The Hall–Kier alpha value is -1.99. The second-order valence-corrected chi connectivity index (χ2v) is 5.37. The smallest absolute Gasteiger partial charge is 0.416 e. The number of rotatable bonds is 3. The number of alkyl halides is 3. The highest BCUT2D eigenvalue weighted by Gasteiger charge is 2.33. The van der Waals surface area contributed by atoms with Crippen molar-refractivity contribution >= 4 is 29.2 Å². The van der Waals surface area contributed by atoms with Crippen LogP contribution < -0.4 is 4.74 Å². The number of aromatic nitrogens is 1. The Morgan fingerprint density at radius 3 is 2.33 bits per heavy atom. The van der Waals surface area contributed by atoms with E-state index in [1.54, 1.807) is 0 Å². The first-order chi connectivity index (χ1) is 11.2. The van der Waals surface area contributed by atoms with Gasteiger partial charge in [-0.05, 0) is 24.3 Å². The van der Waals surface area contributed by atoms with Gasteiger partial charge in [0.2, 0.25) is 0 Å². The molecule has 128 valence electrons. The van der Waals surface area contributed by atoms with E-state index in [1.807, 2.05) is 0 Å². The fraction of sp³-hybridized carbons (Fsp3) is 0.200. The van der Waals surface area contributed by atoms with Gasteiger partial charge in [0.15, 0.2) is 5.69 Å². The van der Waals surface area contributed by atoms with Crippen LogP contribution in [0.15, 0.2) is 24.3 Å². The molecule has 9 heteroatoms. The minimum Gasteiger partial charge on any atom is -0.496 e. The van der Waals surface area contributed by atoms with Crippen molar-refractivity contribution in [2.75, 3.05) is 14.2 Å². The molecule has 2 aromatic rings. The maximum Gasteiger partial charge on any atom is 0.416 e. The van der Waals surface area contributed by atoms with Crippen LogP contribution in [-0.2, 0) is 10.9 Å². The van der Waals surface area contributed by atoms with Gasteiger partial charge in [-0.15, -0.1) is 0 Å². The number of nitrogens with zero attached hydrogens (tertiary/aromatic N) is 1. The third kappa shape index (κ3) is 3.57. The molecular formula is C15H10Cl2F3NO3. The Bertz CT molecular complexity index is 794. The van der Waals surface area contributed by atoms with Gasteiger partial charge < -0.3 is 9.47 Å². The second-order valence-electron chi connectivity index (χ2n) is 4.55. The molecule has 0 saturated heterocycles. The summed E-state index contributed by atoms with van der Waals surface area (Å²) in [6, 6.07) is 4.33. The van der Waals surface area contributed by atoms with Crippen LogP contribution >= 0.6 is 23.2 Å². The van der Waals surface area contributed by atoms with Crippen LogP contribution in [0.2, 0.25) is 10.0 Å². The van der Waals surface area contributed by atoms with Crippen LogP contribution in [0.3, 0.4) is 0 Å². The van der Waals surface area contributed by atoms with E-state index in [-0.39, 0.29) is 32.7 Å². The van der Waals surface area contributed by atoms with E-state index in [0.717, 1.165) is 19.2 Å². The normalized spacial score (nSPS) is 11.3. The largest absolute Gasteiger partial charge is 0.496 e. The van der Waals surface area contributed by atoms with Crippen molar-refractivity contribution < 1.29 is 27.4 Å². The number of carbonyl (C=O) groups is 1.